The van der Waals surface area contributed by atoms with E-state index in [9.17, 15) is 14.4 Å². The van der Waals surface area contributed by atoms with Gasteiger partial charge in [0.15, 0.2) is 11.3 Å². The maximum atomic E-state index is 13.8. The molecule has 0 aliphatic carbocycles. The molecule has 0 bridgehead atoms. The third kappa shape index (κ3) is 4.00. The van der Waals surface area contributed by atoms with Gasteiger partial charge in [-0.25, -0.2) is 4.79 Å². The lowest BCUT2D eigenvalue weighted by molar-refractivity contribution is -0.129. The van der Waals surface area contributed by atoms with Crippen LogP contribution < -0.4 is 10.1 Å². The molecular formula is C27H26N2O4. The van der Waals surface area contributed by atoms with Gasteiger partial charge in [-0.1, -0.05) is 48.5 Å². The number of imide groups is 1. The normalized spacial score (nSPS) is 17.7. The Balaban J connectivity index is 1.69. The van der Waals surface area contributed by atoms with Gasteiger partial charge in [0.05, 0.1) is 13.2 Å². The summed E-state index contributed by atoms with van der Waals surface area (Å²) in [6, 6.07) is 20.9. The Morgan fingerprint density at radius 2 is 1.61 bits per heavy atom. The van der Waals surface area contributed by atoms with Crippen LogP contribution in [0.15, 0.2) is 72.8 Å². The van der Waals surface area contributed by atoms with Crippen molar-refractivity contribution in [2.45, 2.75) is 26.3 Å². The number of carbonyl (C=O) groups is 3. The number of carbonyl (C=O) groups excluding carboxylic acids is 3. The van der Waals surface area contributed by atoms with E-state index in [4.69, 9.17) is 4.74 Å². The summed E-state index contributed by atoms with van der Waals surface area (Å²) in [6.45, 7) is 6.01. The number of amides is 3. The minimum Gasteiger partial charge on any atom is -0.494 e. The van der Waals surface area contributed by atoms with Crippen molar-refractivity contribution in [3.63, 3.8) is 0 Å². The van der Waals surface area contributed by atoms with Gasteiger partial charge in [-0.05, 0) is 67.3 Å². The summed E-state index contributed by atoms with van der Waals surface area (Å²) in [5.41, 5.74) is 2.40. The predicted molar refractivity (Wildman–Crippen MR) is 125 cm³/mol. The number of hydrogen-bond donors (Lipinski definition) is 1. The largest absolute Gasteiger partial charge is 0.494 e. The summed E-state index contributed by atoms with van der Waals surface area (Å²) in [6.07, 6.45) is 0. The van der Waals surface area contributed by atoms with E-state index in [1.807, 2.05) is 69.3 Å². The molecule has 6 nitrogen and oxygen atoms in total. The van der Waals surface area contributed by atoms with Gasteiger partial charge < -0.3 is 10.1 Å². The first-order valence-corrected chi connectivity index (χ1v) is 10.9. The Kier molecular flexibility index (Phi) is 6.01. The molecule has 3 amide bonds. The standard InChI is InChI=1S/C27H26N2O4/c1-4-33-23-14-11-20(12-15-23)24(30)17-29-25(31)27(28-26(29)32,21-8-6-5-7-9-21)22-13-10-18(2)19(3)16-22/h5-16H,4,17H2,1-3H3,(H,28,32)/t27-/m1/s1. The molecule has 33 heavy (non-hydrogen) atoms. The Morgan fingerprint density at radius 1 is 0.909 bits per heavy atom. The molecule has 6 heteroatoms. The van der Waals surface area contributed by atoms with Crippen molar-refractivity contribution in [1.29, 1.82) is 0 Å². The number of nitrogens with one attached hydrogen (secondary N) is 1. The van der Waals surface area contributed by atoms with E-state index < -0.39 is 17.5 Å². The lowest BCUT2D eigenvalue weighted by Crippen LogP contribution is -2.45. The van der Waals surface area contributed by atoms with Crippen LogP contribution in [0.25, 0.3) is 0 Å². The third-order valence-electron chi connectivity index (χ3n) is 6.04. The molecule has 1 N–H and O–H groups in total. The highest BCUT2D eigenvalue weighted by Gasteiger charge is 2.54. The molecular weight excluding hydrogens is 416 g/mol. The Hall–Kier alpha value is -3.93. The van der Waals surface area contributed by atoms with Crippen molar-refractivity contribution in [2.24, 2.45) is 0 Å². The van der Waals surface area contributed by atoms with Crippen molar-refractivity contribution in [3.8, 4) is 5.75 Å². The van der Waals surface area contributed by atoms with Crippen molar-refractivity contribution in [2.75, 3.05) is 13.2 Å². The van der Waals surface area contributed by atoms with E-state index >= 15 is 0 Å². The lowest BCUT2D eigenvalue weighted by Gasteiger charge is -2.28. The first-order chi connectivity index (χ1) is 15.9. The molecule has 1 heterocycles. The van der Waals surface area contributed by atoms with Gasteiger partial charge in [-0.2, -0.15) is 0 Å². The summed E-state index contributed by atoms with van der Waals surface area (Å²) in [7, 11) is 0. The van der Waals surface area contributed by atoms with E-state index in [1.165, 1.54) is 0 Å². The smallest absolute Gasteiger partial charge is 0.325 e. The van der Waals surface area contributed by atoms with E-state index in [0.717, 1.165) is 16.0 Å². The molecule has 1 atom stereocenters. The number of rotatable bonds is 7. The zero-order valence-corrected chi connectivity index (χ0v) is 18.9. The fourth-order valence-corrected chi connectivity index (χ4v) is 4.08. The number of hydrogen-bond acceptors (Lipinski definition) is 4. The molecule has 4 rings (SSSR count). The minimum atomic E-state index is -1.39. The first kappa shape index (κ1) is 22.3. The second kappa shape index (κ2) is 8.90. The predicted octanol–water partition coefficient (Wildman–Crippen LogP) is 4.38. The van der Waals surface area contributed by atoms with Gasteiger partial charge in [-0.3, -0.25) is 14.5 Å². The third-order valence-corrected chi connectivity index (χ3v) is 6.04. The maximum Gasteiger partial charge on any atom is 0.325 e. The first-order valence-electron chi connectivity index (χ1n) is 10.9. The zero-order valence-electron chi connectivity index (χ0n) is 18.9. The summed E-state index contributed by atoms with van der Waals surface area (Å²) in [5, 5.41) is 2.89. The molecule has 1 saturated heterocycles. The van der Waals surface area contributed by atoms with Gasteiger partial charge in [0.1, 0.15) is 5.75 Å². The number of ether oxygens (including phenoxy) is 1. The molecule has 0 unspecified atom stereocenters. The van der Waals surface area contributed by atoms with Crippen molar-refractivity contribution >= 4 is 17.7 Å². The number of urea groups is 1. The molecule has 0 radical (unpaired) electrons. The van der Waals surface area contributed by atoms with E-state index in [1.54, 1.807) is 24.3 Å². The Morgan fingerprint density at radius 3 is 2.24 bits per heavy atom. The van der Waals surface area contributed by atoms with Crippen LogP contribution in [0.3, 0.4) is 0 Å². The van der Waals surface area contributed by atoms with Crippen molar-refractivity contribution in [1.82, 2.24) is 10.2 Å². The van der Waals surface area contributed by atoms with Gasteiger partial charge >= 0.3 is 6.03 Å². The lowest BCUT2D eigenvalue weighted by atomic mass is 9.81. The monoisotopic (exact) mass is 442 g/mol. The highest BCUT2D eigenvalue weighted by Crippen LogP contribution is 2.37. The van der Waals surface area contributed by atoms with Crippen LogP contribution in [0.1, 0.15) is 39.5 Å². The maximum absolute atomic E-state index is 13.8. The fourth-order valence-electron chi connectivity index (χ4n) is 4.08. The Bertz CT molecular complexity index is 1200. The average Bonchev–Trinajstić information content (AvgIpc) is 3.07. The number of nitrogens with zero attached hydrogens (tertiary/aromatic N) is 1. The number of Topliss-reactive ketones (excluding diaryl/α,β-unsaturated/α-hetero) is 1. The van der Waals surface area contributed by atoms with Crippen LogP contribution in [0.2, 0.25) is 0 Å². The number of benzene rings is 3. The van der Waals surface area contributed by atoms with Gasteiger partial charge in [0.2, 0.25) is 0 Å². The second-order valence-electron chi connectivity index (χ2n) is 8.12. The summed E-state index contributed by atoms with van der Waals surface area (Å²) in [4.78, 5) is 40.8. The van der Waals surface area contributed by atoms with Crippen LogP contribution in [0.5, 0.6) is 5.75 Å². The molecule has 1 aliphatic rings. The zero-order chi connectivity index (χ0) is 23.6. The molecule has 3 aromatic rings. The topological polar surface area (TPSA) is 75.7 Å². The number of aryl methyl sites for hydroxylation is 2. The number of ketones is 1. The van der Waals surface area contributed by atoms with Crippen LogP contribution in [-0.4, -0.2) is 35.8 Å². The van der Waals surface area contributed by atoms with Crippen LogP contribution >= 0.6 is 0 Å². The van der Waals surface area contributed by atoms with Crippen LogP contribution in [-0.2, 0) is 10.3 Å². The van der Waals surface area contributed by atoms with Crippen LogP contribution in [0.4, 0.5) is 4.79 Å². The highest BCUT2D eigenvalue weighted by molar-refractivity contribution is 6.13. The van der Waals surface area contributed by atoms with E-state index in [2.05, 4.69) is 5.32 Å². The van der Waals surface area contributed by atoms with Crippen molar-refractivity contribution < 1.29 is 19.1 Å². The van der Waals surface area contributed by atoms with Gasteiger partial charge in [0.25, 0.3) is 5.91 Å². The van der Waals surface area contributed by atoms with Gasteiger partial charge in [0, 0.05) is 5.56 Å². The van der Waals surface area contributed by atoms with Crippen LogP contribution in [0, 0.1) is 13.8 Å². The van der Waals surface area contributed by atoms with Gasteiger partial charge in [-0.15, -0.1) is 0 Å². The fraction of sp³-hybridized carbons (Fsp3) is 0.222. The summed E-state index contributed by atoms with van der Waals surface area (Å²) < 4.78 is 5.41. The molecule has 168 valence electrons. The SMILES string of the molecule is CCOc1ccc(C(=O)CN2C(=O)N[C@](c3ccccc3)(c3ccc(C)c(C)c3)C2=O)cc1. The molecule has 1 aliphatic heterocycles. The Labute approximate surface area is 193 Å². The molecule has 3 aromatic carbocycles. The molecule has 1 fully saturated rings. The second-order valence-corrected chi connectivity index (χ2v) is 8.12. The molecule has 0 saturated carbocycles. The quantitative estimate of drug-likeness (QED) is 0.435. The van der Waals surface area contributed by atoms with E-state index in [0.29, 0.717) is 29.0 Å². The molecule has 0 aromatic heterocycles. The minimum absolute atomic E-state index is 0.328. The summed E-state index contributed by atoms with van der Waals surface area (Å²) >= 11 is 0. The van der Waals surface area contributed by atoms with Crippen molar-refractivity contribution in [3.05, 3.63) is 101 Å². The highest BCUT2D eigenvalue weighted by atomic mass is 16.5. The molecule has 0 spiro atoms. The summed E-state index contributed by atoms with van der Waals surface area (Å²) in [5.74, 6) is -0.145. The average molecular weight is 443 g/mol. The van der Waals surface area contributed by atoms with E-state index in [-0.39, 0.29) is 12.3 Å².